The molecule has 5 nitrogen and oxygen atoms in total. The minimum Gasteiger partial charge on any atom is -0.398 e. The summed E-state index contributed by atoms with van der Waals surface area (Å²) in [6.07, 6.45) is 0.631. The van der Waals surface area contributed by atoms with Gasteiger partial charge in [0.15, 0.2) is 0 Å². The lowest BCUT2D eigenvalue weighted by Gasteiger charge is -2.01. The Bertz CT molecular complexity index is 862. The van der Waals surface area contributed by atoms with E-state index >= 15 is 0 Å². The molecule has 23 heavy (non-hydrogen) atoms. The number of rotatable bonds is 4. The van der Waals surface area contributed by atoms with Gasteiger partial charge in [-0.25, -0.2) is 4.98 Å². The van der Waals surface area contributed by atoms with Gasteiger partial charge in [-0.05, 0) is 17.7 Å². The first-order valence-corrected chi connectivity index (χ1v) is 8.02. The minimum absolute atomic E-state index is 0.0882. The Balaban J connectivity index is 1.79. The normalized spacial score (nSPS) is 10.7. The van der Waals surface area contributed by atoms with E-state index in [9.17, 15) is 10.1 Å². The monoisotopic (exact) mass is 345 g/mol. The molecule has 0 radical (unpaired) electrons. The minimum atomic E-state index is -0.407. The first kappa shape index (κ1) is 15.5. The molecule has 0 spiro atoms. The smallest absolute Gasteiger partial charge is 0.269 e. The first-order valence-electron chi connectivity index (χ1n) is 6.76. The van der Waals surface area contributed by atoms with Crippen LogP contribution in [0.5, 0.6) is 0 Å². The van der Waals surface area contributed by atoms with Crippen LogP contribution in [0.2, 0.25) is 5.02 Å². The molecule has 0 aliphatic heterocycles. The third-order valence-electron chi connectivity index (χ3n) is 3.35. The molecule has 0 saturated heterocycles. The number of halogens is 1. The molecule has 1 aromatic heterocycles. The average molecular weight is 346 g/mol. The first-order chi connectivity index (χ1) is 11.0. The second-order valence-corrected chi connectivity index (χ2v) is 6.31. The number of nitrogens with two attached hydrogens (primary N) is 1. The highest BCUT2D eigenvalue weighted by Crippen LogP contribution is 2.28. The Kier molecular flexibility index (Phi) is 4.27. The molecule has 0 saturated carbocycles. The van der Waals surface area contributed by atoms with E-state index in [2.05, 4.69) is 4.98 Å². The lowest BCUT2D eigenvalue weighted by atomic mass is 10.1. The van der Waals surface area contributed by atoms with Crippen molar-refractivity contribution in [1.29, 1.82) is 0 Å². The van der Waals surface area contributed by atoms with Crippen LogP contribution in [0, 0.1) is 10.1 Å². The van der Waals surface area contributed by atoms with Gasteiger partial charge >= 0.3 is 0 Å². The molecule has 0 fully saturated rings. The second kappa shape index (κ2) is 6.36. The lowest BCUT2D eigenvalue weighted by molar-refractivity contribution is -0.384. The van der Waals surface area contributed by atoms with Gasteiger partial charge in [-0.15, -0.1) is 11.3 Å². The number of thiazole rings is 1. The zero-order chi connectivity index (χ0) is 16.4. The van der Waals surface area contributed by atoms with Crippen LogP contribution in [-0.2, 0) is 6.42 Å². The zero-order valence-electron chi connectivity index (χ0n) is 11.9. The van der Waals surface area contributed by atoms with Crippen LogP contribution in [0.15, 0.2) is 47.8 Å². The summed E-state index contributed by atoms with van der Waals surface area (Å²) in [6.45, 7) is 0. The number of non-ortho nitro benzene ring substituents is 1. The Labute approximate surface area is 141 Å². The molecule has 2 N–H and O–H groups in total. The van der Waals surface area contributed by atoms with E-state index in [0.29, 0.717) is 17.1 Å². The van der Waals surface area contributed by atoms with Crippen molar-refractivity contribution in [2.24, 2.45) is 0 Å². The van der Waals surface area contributed by atoms with Gasteiger partial charge in [0.1, 0.15) is 0 Å². The number of hydrogen-bond acceptors (Lipinski definition) is 5. The maximum Gasteiger partial charge on any atom is 0.269 e. The highest BCUT2D eigenvalue weighted by atomic mass is 35.5. The van der Waals surface area contributed by atoms with Crippen molar-refractivity contribution in [1.82, 2.24) is 4.98 Å². The molecule has 0 aliphatic carbocycles. The Morgan fingerprint density at radius 3 is 2.61 bits per heavy atom. The van der Waals surface area contributed by atoms with Crippen LogP contribution in [0.3, 0.4) is 0 Å². The molecule has 2 aromatic carbocycles. The fraction of sp³-hybridized carbons (Fsp3) is 0.0625. The molecule has 7 heteroatoms. The molecule has 0 unspecified atom stereocenters. The second-order valence-electron chi connectivity index (χ2n) is 4.96. The third-order valence-corrected chi connectivity index (χ3v) is 4.54. The van der Waals surface area contributed by atoms with Crippen LogP contribution in [0.1, 0.15) is 10.6 Å². The molecule has 1 heterocycles. The van der Waals surface area contributed by atoms with Crippen molar-refractivity contribution >= 4 is 34.3 Å². The van der Waals surface area contributed by atoms with E-state index in [1.54, 1.807) is 35.6 Å². The maximum absolute atomic E-state index is 10.7. The summed E-state index contributed by atoms with van der Waals surface area (Å²) in [5, 5.41) is 14.1. The number of nitrogens with zero attached hydrogens (tertiary/aromatic N) is 2. The number of nitro benzene ring substituents is 1. The molecule has 116 valence electrons. The zero-order valence-corrected chi connectivity index (χ0v) is 13.5. The largest absolute Gasteiger partial charge is 0.398 e. The van der Waals surface area contributed by atoms with Gasteiger partial charge in [0.25, 0.3) is 5.69 Å². The van der Waals surface area contributed by atoms with Crippen molar-refractivity contribution < 1.29 is 4.92 Å². The predicted molar refractivity (Wildman–Crippen MR) is 92.9 cm³/mol. The third kappa shape index (κ3) is 3.49. The SMILES string of the molecule is Nc1cc(-c2csc(Cc3ccc([N+](=O)[O-])cc3)n2)ccc1Cl. The quantitative estimate of drug-likeness (QED) is 0.427. The highest BCUT2D eigenvalue weighted by Gasteiger charge is 2.09. The summed E-state index contributed by atoms with van der Waals surface area (Å²) in [7, 11) is 0. The topological polar surface area (TPSA) is 82.0 Å². The molecule has 0 amide bonds. The van der Waals surface area contributed by atoms with E-state index in [0.717, 1.165) is 21.8 Å². The van der Waals surface area contributed by atoms with Crippen molar-refractivity contribution in [2.75, 3.05) is 5.73 Å². The lowest BCUT2D eigenvalue weighted by Crippen LogP contribution is -1.91. The van der Waals surface area contributed by atoms with Crippen molar-refractivity contribution in [2.45, 2.75) is 6.42 Å². The fourth-order valence-electron chi connectivity index (χ4n) is 2.14. The van der Waals surface area contributed by atoms with Gasteiger partial charge in [-0.1, -0.05) is 29.8 Å². The van der Waals surface area contributed by atoms with E-state index in [4.69, 9.17) is 17.3 Å². The predicted octanol–water partition coefficient (Wildman–Crippen LogP) is 4.54. The van der Waals surface area contributed by atoms with E-state index in [1.165, 1.54) is 12.1 Å². The number of nitro groups is 1. The van der Waals surface area contributed by atoms with Crippen LogP contribution in [0.25, 0.3) is 11.3 Å². The highest BCUT2D eigenvalue weighted by molar-refractivity contribution is 7.10. The number of hydrogen-bond donors (Lipinski definition) is 1. The fourth-order valence-corrected chi connectivity index (χ4v) is 3.09. The van der Waals surface area contributed by atoms with Gasteiger partial charge in [0.05, 0.1) is 26.3 Å². The molecule has 0 aliphatic rings. The Morgan fingerprint density at radius 2 is 1.96 bits per heavy atom. The van der Waals surface area contributed by atoms with E-state index in [-0.39, 0.29) is 5.69 Å². The summed E-state index contributed by atoms with van der Waals surface area (Å²) < 4.78 is 0. The van der Waals surface area contributed by atoms with E-state index < -0.39 is 4.92 Å². The van der Waals surface area contributed by atoms with Gasteiger partial charge in [-0.3, -0.25) is 10.1 Å². The summed E-state index contributed by atoms with van der Waals surface area (Å²) in [6, 6.07) is 11.9. The summed E-state index contributed by atoms with van der Waals surface area (Å²) in [5.41, 5.74) is 9.16. The summed E-state index contributed by atoms with van der Waals surface area (Å²) in [4.78, 5) is 14.8. The van der Waals surface area contributed by atoms with Crippen molar-refractivity contribution in [3.05, 3.63) is 73.6 Å². The van der Waals surface area contributed by atoms with Crippen molar-refractivity contribution in [3.8, 4) is 11.3 Å². The number of benzene rings is 2. The molecule has 0 atom stereocenters. The van der Waals surface area contributed by atoms with Crippen molar-refractivity contribution in [3.63, 3.8) is 0 Å². The maximum atomic E-state index is 10.7. The Hall–Kier alpha value is -2.44. The number of aromatic nitrogens is 1. The average Bonchev–Trinajstić information content (AvgIpc) is 2.99. The molecular formula is C16H12ClN3O2S. The molecule has 0 bridgehead atoms. The van der Waals surface area contributed by atoms with Crippen LogP contribution >= 0.6 is 22.9 Å². The Morgan fingerprint density at radius 1 is 1.22 bits per heavy atom. The molecule has 3 rings (SSSR count). The van der Waals surface area contributed by atoms with Crippen LogP contribution < -0.4 is 5.73 Å². The van der Waals surface area contributed by atoms with Gasteiger partial charge in [0.2, 0.25) is 0 Å². The van der Waals surface area contributed by atoms with Gasteiger partial charge in [-0.2, -0.15) is 0 Å². The van der Waals surface area contributed by atoms with Crippen LogP contribution in [0.4, 0.5) is 11.4 Å². The van der Waals surface area contributed by atoms with Crippen LogP contribution in [-0.4, -0.2) is 9.91 Å². The van der Waals surface area contributed by atoms with Gasteiger partial charge in [0, 0.05) is 29.5 Å². The summed E-state index contributed by atoms with van der Waals surface area (Å²) >= 11 is 7.47. The standard InChI is InChI=1S/C16H12ClN3O2S/c17-13-6-3-11(8-14(13)18)15-9-23-16(19-15)7-10-1-4-12(5-2-10)20(21)22/h1-6,8-9H,7,18H2. The molecule has 3 aromatic rings. The molecular weight excluding hydrogens is 334 g/mol. The summed E-state index contributed by atoms with van der Waals surface area (Å²) in [5.74, 6) is 0. The van der Waals surface area contributed by atoms with Gasteiger partial charge < -0.3 is 5.73 Å². The van der Waals surface area contributed by atoms with E-state index in [1.807, 2.05) is 11.4 Å². The number of nitrogen functional groups attached to an aromatic ring is 1. The number of anilines is 1.